The lowest BCUT2D eigenvalue weighted by atomic mass is 9.88. The van der Waals surface area contributed by atoms with E-state index in [9.17, 15) is 9.59 Å². The van der Waals surface area contributed by atoms with Crippen LogP contribution in [0.5, 0.6) is 0 Å². The van der Waals surface area contributed by atoms with E-state index in [0.717, 1.165) is 25.7 Å². The van der Waals surface area contributed by atoms with E-state index in [4.69, 9.17) is 4.74 Å². The van der Waals surface area contributed by atoms with Crippen molar-refractivity contribution in [1.82, 2.24) is 5.32 Å². The van der Waals surface area contributed by atoms with Crippen LogP contribution >= 0.6 is 0 Å². The van der Waals surface area contributed by atoms with Crippen LogP contribution < -0.4 is 5.32 Å². The van der Waals surface area contributed by atoms with Gasteiger partial charge in [0.2, 0.25) is 5.91 Å². The number of amides is 1. The summed E-state index contributed by atoms with van der Waals surface area (Å²) in [6, 6.07) is -0.543. The van der Waals surface area contributed by atoms with Gasteiger partial charge in [0.1, 0.15) is 6.04 Å². The summed E-state index contributed by atoms with van der Waals surface area (Å²) < 4.78 is 5.10. The van der Waals surface area contributed by atoms with Gasteiger partial charge in [0.05, 0.1) is 6.61 Å². The lowest BCUT2D eigenvalue weighted by Crippen LogP contribution is -2.43. The molecular formula is C14H25NO3. The summed E-state index contributed by atoms with van der Waals surface area (Å²) in [5.41, 5.74) is 0. The van der Waals surface area contributed by atoms with Gasteiger partial charge in [0.15, 0.2) is 0 Å². The summed E-state index contributed by atoms with van der Waals surface area (Å²) in [5, 5.41) is 2.76. The Bertz CT molecular complexity index is 283. The average molecular weight is 255 g/mol. The Hall–Kier alpha value is -1.06. The van der Waals surface area contributed by atoms with E-state index in [1.54, 1.807) is 6.92 Å². The van der Waals surface area contributed by atoms with Crippen LogP contribution in [-0.2, 0) is 14.3 Å². The van der Waals surface area contributed by atoms with Gasteiger partial charge in [-0.05, 0) is 25.7 Å². The minimum Gasteiger partial charge on any atom is -0.464 e. The Morgan fingerprint density at radius 2 is 1.78 bits per heavy atom. The summed E-state index contributed by atoms with van der Waals surface area (Å²) in [6.45, 7) is 6.06. The van der Waals surface area contributed by atoms with Gasteiger partial charge >= 0.3 is 5.97 Å². The molecule has 0 unspecified atom stereocenters. The third-order valence-corrected chi connectivity index (χ3v) is 3.25. The molecule has 1 N–H and O–H groups in total. The molecule has 0 heterocycles. The molecule has 1 amide bonds. The molecule has 0 aromatic carbocycles. The van der Waals surface area contributed by atoms with Crippen molar-refractivity contribution >= 4 is 11.9 Å². The number of rotatable bonds is 5. The third-order valence-electron chi connectivity index (χ3n) is 3.25. The predicted molar refractivity (Wildman–Crippen MR) is 70.0 cm³/mol. The topological polar surface area (TPSA) is 55.4 Å². The smallest absolute Gasteiger partial charge is 0.328 e. The highest BCUT2D eigenvalue weighted by Gasteiger charge is 2.24. The van der Waals surface area contributed by atoms with Crippen LogP contribution in [0.4, 0.5) is 0 Å². The first-order valence-electron chi connectivity index (χ1n) is 6.97. The average Bonchev–Trinajstić information content (AvgIpc) is 2.36. The Morgan fingerprint density at radius 3 is 2.33 bits per heavy atom. The highest BCUT2D eigenvalue weighted by molar-refractivity contribution is 5.85. The summed E-state index contributed by atoms with van der Waals surface area (Å²) in [4.78, 5) is 23.6. The first-order valence-corrected chi connectivity index (χ1v) is 6.97. The molecule has 0 spiro atoms. The molecule has 4 nitrogen and oxygen atoms in total. The van der Waals surface area contributed by atoms with Crippen molar-refractivity contribution < 1.29 is 14.3 Å². The molecule has 0 saturated heterocycles. The number of hydrogen-bond acceptors (Lipinski definition) is 3. The van der Waals surface area contributed by atoms with Crippen molar-refractivity contribution in [2.24, 2.45) is 11.8 Å². The molecule has 1 rings (SSSR count). The number of esters is 1. The van der Waals surface area contributed by atoms with Crippen molar-refractivity contribution in [3.8, 4) is 0 Å². The fourth-order valence-corrected chi connectivity index (χ4v) is 2.13. The van der Waals surface area contributed by atoms with Gasteiger partial charge < -0.3 is 10.1 Å². The first kappa shape index (κ1) is 15.0. The van der Waals surface area contributed by atoms with Crippen molar-refractivity contribution in [1.29, 1.82) is 0 Å². The zero-order valence-electron chi connectivity index (χ0n) is 11.7. The highest BCUT2D eigenvalue weighted by Crippen LogP contribution is 2.23. The molecule has 0 aromatic heterocycles. The minimum absolute atomic E-state index is 0.00342. The zero-order valence-corrected chi connectivity index (χ0v) is 11.7. The largest absolute Gasteiger partial charge is 0.464 e. The second kappa shape index (κ2) is 7.39. The molecule has 4 heteroatoms. The molecule has 1 aliphatic carbocycles. The lowest BCUT2D eigenvalue weighted by molar-refractivity contribution is -0.148. The molecule has 1 atom stereocenters. The molecule has 1 saturated carbocycles. The summed E-state index contributed by atoms with van der Waals surface area (Å²) >= 11 is 0. The number of carbonyl (C=O) groups is 2. The Kier molecular flexibility index (Phi) is 6.16. The van der Waals surface area contributed by atoms with Gasteiger partial charge in [-0.1, -0.05) is 33.1 Å². The van der Waals surface area contributed by atoms with Gasteiger partial charge in [-0.2, -0.15) is 0 Å². The van der Waals surface area contributed by atoms with E-state index < -0.39 is 6.04 Å². The predicted octanol–water partition coefficient (Wildman–Crippen LogP) is 2.27. The van der Waals surface area contributed by atoms with E-state index in [1.165, 1.54) is 6.42 Å². The molecule has 18 heavy (non-hydrogen) atoms. The van der Waals surface area contributed by atoms with Gasteiger partial charge in [-0.25, -0.2) is 4.79 Å². The number of carbonyl (C=O) groups excluding carboxylic acids is 2. The van der Waals surface area contributed by atoms with Crippen molar-refractivity contribution in [3.63, 3.8) is 0 Å². The second-order valence-electron chi connectivity index (χ2n) is 5.59. The lowest BCUT2D eigenvalue weighted by Gasteiger charge is -2.22. The van der Waals surface area contributed by atoms with Crippen LogP contribution in [0.2, 0.25) is 0 Å². The Morgan fingerprint density at radius 1 is 1.17 bits per heavy atom. The molecule has 0 aliphatic heterocycles. The minimum atomic E-state index is -0.543. The van der Waals surface area contributed by atoms with Crippen molar-refractivity contribution in [3.05, 3.63) is 0 Å². The molecule has 0 aromatic rings. The SMILES string of the molecule is CC(C)COC(=O)[C@H](C)NC(=O)C1CCCCC1. The van der Waals surface area contributed by atoms with Crippen LogP contribution in [-0.4, -0.2) is 24.5 Å². The van der Waals surface area contributed by atoms with Gasteiger partial charge in [0.25, 0.3) is 0 Å². The fraction of sp³-hybridized carbons (Fsp3) is 0.857. The zero-order chi connectivity index (χ0) is 13.5. The van der Waals surface area contributed by atoms with E-state index >= 15 is 0 Å². The third kappa shape index (κ3) is 5.07. The van der Waals surface area contributed by atoms with Crippen LogP contribution in [0.3, 0.4) is 0 Å². The molecular weight excluding hydrogens is 230 g/mol. The van der Waals surface area contributed by atoms with E-state index in [0.29, 0.717) is 12.5 Å². The number of ether oxygens (including phenoxy) is 1. The van der Waals surface area contributed by atoms with Crippen LogP contribution in [0.15, 0.2) is 0 Å². The molecule has 1 aliphatic rings. The standard InChI is InChI=1S/C14H25NO3/c1-10(2)9-18-14(17)11(3)15-13(16)12-7-5-4-6-8-12/h10-12H,4-9H2,1-3H3,(H,15,16)/t11-/m0/s1. The molecule has 0 radical (unpaired) electrons. The van der Waals surface area contributed by atoms with Crippen LogP contribution in [0, 0.1) is 11.8 Å². The maximum Gasteiger partial charge on any atom is 0.328 e. The number of nitrogens with one attached hydrogen (secondary N) is 1. The van der Waals surface area contributed by atoms with Crippen molar-refractivity contribution in [2.45, 2.75) is 58.9 Å². The summed E-state index contributed by atoms with van der Waals surface area (Å²) in [5.74, 6) is 0.0610. The first-order chi connectivity index (χ1) is 8.50. The van der Waals surface area contributed by atoms with Crippen LogP contribution in [0.1, 0.15) is 52.9 Å². The van der Waals surface area contributed by atoms with E-state index in [1.807, 2.05) is 13.8 Å². The van der Waals surface area contributed by atoms with Crippen molar-refractivity contribution in [2.75, 3.05) is 6.61 Å². The Labute approximate surface area is 109 Å². The van der Waals surface area contributed by atoms with Gasteiger partial charge in [-0.3, -0.25) is 4.79 Å². The normalized spacial score (nSPS) is 18.4. The molecule has 104 valence electrons. The van der Waals surface area contributed by atoms with Gasteiger partial charge in [-0.15, -0.1) is 0 Å². The second-order valence-corrected chi connectivity index (χ2v) is 5.59. The fourth-order valence-electron chi connectivity index (χ4n) is 2.13. The maximum absolute atomic E-state index is 11.9. The summed E-state index contributed by atoms with van der Waals surface area (Å²) in [6.07, 6.45) is 5.34. The summed E-state index contributed by atoms with van der Waals surface area (Å²) in [7, 11) is 0. The van der Waals surface area contributed by atoms with E-state index in [-0.39, 0.29) is 17.8 Å². The maximum atomic E-state index is 11.9. The monoisotopic (exact) mass is 255 g/mol. The quantitative estimate of drug-likeness (QED) is 0.767. The number of hydrogen-bond donors (Lipinski definition) is 1. The Balaban J connectivity index is 2.31. The highest BCUT2D eigenvalue weighted by atomic mass is 16.5. The molecule has 0 bridgehead atoms. The van der Waals surface area contributed by atoms with Gasteiger partial charge in [0, 0.05) is 5.92 Å². The van der Waals surface area contributed by atoms with E-state index in [2.05, 4.69) is 5.32 Å². The molecule has 1 fully saturated rings. The van der Waals surface area contributed by atoms with Crippen LogP contribution in [0.25, 0.3) is 0 Å².